The summed E-state index contributed by atoms with van der Waals surface area (Å²) < 4.78 is 6.19. The third-order valence-corrected chi connectivity index (χ3v) is 5.46. The van der Waals surface area contributed by atoms with Crippen LogP contribution in [0.2, 0.25) is 0 Å². The van der Waals surface area contributed by atoms with Gasteiger partial charge < -0.3 is 15.2 Å². The van der Waals surface area contributed by atoms with Crippen molar-refractivity contribution in [2.24, 2.45) is 16.7 Å². The first-order valence-electron chi connectivity index (χ1n) is 8.09. The van der Waals surface area contributed by atoms with E-state index in [1.807, 2.05) is 0 Å². The number of rotatable bonds is 5. The number of aliphatic hydroxyl groups excluding tert-OH is 1. The predicted molar refractivity (Wildman–Crippen MR) is 82.7 cm³/mol. The van der Waals surface area contributed by atoms with Crippen molar-refractivity contribution in [3.8, 4) is 0 Å². The molecule has 118 valence electrons. The van der Waals surface area contributed by atoms with Crippen LogP contribution in [0, 0.1) is 16.7 Å². The van der Waals surface area contributed by atoms with Crippen molar-refractivity contribution in [3.05, 3.63) is 0 Å². The maximum absolute atomic E-state index is 10.1. The normalized spacial score (nSPS) is 37.4. The Morgan fingerprint density at radius 3 is 2.45 bits per heavy atom. The smallest absolute Gasteiger partial charge is 0.0898 e. The van der Waals surface area contributed by atoms with Gasteiger partial charge in [-0.25, -0.2) is 0 Å². The summed E-state index contributed by atoms with van der Waals surface area (Å²) in [5.41, 5.74) is 0.619. The molecule has 0 saturated heterocycles. The largest absolute Gasteiger partial charge is 0.389 e. The van der Waals surface area contributed by atoms with Gasteiger partial charge in [0.1, 0.15) is 0 Å². The van der Waals surface area contributed by atoms with E-state index < -0.39 is 6.10 Å². The third-order valence-electron chi connectivity index (χ3n) is 5.46. The molecule has 0 aromatic heterocycles. The fourth-order valence-electron chi connectivity index (χ4n) is 4.36. The average molecular weight is 283 g/mol. The van der Waals surface area contributed by atoms with Gasteiger partial charge in [-0.1, -0.05) is 20.8 Å². The van der Waals surface area contributed by atoms with Crippen LogP contribution in [0.25, 0.3) is 0 Å². The summed E-state index contributed by atoms with van der Waals surface area (Å²) in [6.07, 6.45) is 3.78. The Morgan fingerprint density at radius 1 is 1.30 bits per heavy atom. The van der Waals surface area contributed by atoms with Crippen molar-refractivity contribution in [2.45, 2.75) is 78.6 Å². The summed E-state index contributed by atoms with van der Waals surface area (Å²) in [4.78, 5) is 0. The summed E-state index contributed by atoms with van der Waals surface area (Å²) in [7, 11) is 0. The van der Waals surface area contributed by atoms with Gasteiger partial charge in [-0.15, -0.1) is 0 Å². The van der Waals surface area contributed by atoms with E-state index in [9.17, 15) is 5.11 Å². The van der Waals surface area contributed by atoms with E-state index in [4.69, 9.17) is 4.74 Å². The Labute approximate surface area is 124 Å². The van der Waals surface area contributed by atoms with Crippen LogP contribution in [0.4, 0.5) is 0 Å². The van der Waals surface area contributed by atoms with Crippen LogP contribution in [-0.4, -0.2) is 36.0 Å². The molecule has 2 bridgehead atoms. The highest BCUT2D eigenvalue weighted by atomic mass is 16.5. The van der Waals surface area contributed by atoms with Gasteiger partial charge >= 0.3 is 0 Å². The summed E-state index contributed by atoms with van der Waals surface area (Å²) in [5, 5.41) is 13.4. The molecule has 0 aliphatic heterocycles. The molecule has 2 N–H and O–H groups in total. The van der Waals surface area contributed by atoms with E-state index in [-0.39, 0.29) is 17.1 Å². The third kappa shape index (κ3) is 3.20. The zero-order valence-corrected chi connectivity index (χ0v) is 14.1. The summed E-state index contributed by atoms with van der Waals surface area (Å²) in [5.74, 6) is 0.794. The maximum atomic E-state index is 10.1. The standard InChI is InChI=1S/C17H33NO2/c1-15(2,3)18-10-13(19)11-20-14-16(4,5)12-7-8-17(14,6)9-12/h12-14,18-19H,7-11H2,1-6H3/t12-,13+,14+,17+/m0/s1. The minimum atomic E-state index is -0.423. The molecule has 2 aliphatic carbocycles. The fourth-order valence-corrected chi connectivity index (χ4v) is 4.36. The lowest BCUT2D eigenvalue weighted by atomic mass is 9.70. The number of β-amino-alcohol motifs (C(OH)–C–C–N with tert-alkyl or cyclic N) is 1. The van der Waals surface area contributed by atoms with Gasteiger partial charge in [0.25, 0.3) is 0 Å². The quantitative estimate of drug-likeness (QED) is 0.815. The van der Waals surface area contributed by atoms with Crippen LogP contribution in [0.15, 0.2) is 0 Å². The van der Waals surface area contributed by atoms with E-state index in [1.54, 1.807) is 0 Å². The van der Waals surface area contributed by atoms with Gasteiger partial charge in [-0.05, 0) is 56.8 Å². The first-order chi connectivity index (χ1) is 9.05. The summed E-state index contributed by atoms with van der Waals surface area (Å²) in [6.45, 7) is 14.4. The highest BCUT2D eigenvalue weighted by Gasteiger charge is 2.60. The van der Waals surface area contributed by atoms with E-state index in [2.05, 4.69) is 46.9 Å². The van der Waals surface area contributed by atoms with Gasteiger partial charge in [0.05, 0.1) is 18.8 Å². The second-order valence-corrected chi connectivity index (χ2v) is 8.91. The monoisotopic (exact) mass is 283 g/mol. The zero-order valence-electron chi connectivity index (χ0n) is 14.1. The lowest BCUT2D eigenvalue weighted by molar-refractivity contribution is -0.110. The molecule has 0 aromatic carbocycles. The van der Waals surface area contributed by atoms with Gasteiger partial charge in [0, 0.05) is 12.1 Å². The van der Waals surface area contributed by atoms with Crippen molar-refractivity contribution in [1.82, 2.24) is 5.32 Å². The molecule has 2 rings (SSSR count). The Morgan fingerprint density at radius 2 is 1.95 bits per heavy atom. The highest BCUT2D eigenvalue weighted by molar-refractivity contribution is 5.09. The number of aliphatic hydroxyl groups is 1. The van der Waals surface area contributed by atoms with E-state index in [0.717, 1.165) is 5.92 Å². The molecule has 0 aromatic rings. The van der Waals surface area contributed by atoms with Crippen LogP contribution >= 0.6 is 0 Å². The van der Waals surface area contributed by atoms with Gasteiger partial charge in [0.2, 0.25) is 0 Å². The molecule has 3 heteroatoms. The van der Waals surface area contributed by atoms with Crippen LogP contribution in [0.5, 0.6) is 0 Å². The summed E-state index contributed by atoms with van der Waals surface area (Å²) in [6, 6.07) is 0. The Balaban J connectivity index is 1.85. The van der Waals surface area contributed by atoms with Crippen molar-refractivity contribution in [3.63, 3.8) is 0 Å². The molecule has 20 heavy (non-hydrogen) atoms. The second-order valence-electron chi connectivity index (χ2n) is 8.91. The molecule has 2 fully saturated rings. The van der Waals surface area contributed by atoms with Gasteiger partial charge in [-0.3, -0.25) is 0 Å². The number of fused-ring (bicyclic) bond motifs is 2. The molecule has 2 aliphatic rings. The van der Waals surface area contributed by atoms with Crippen LogP contribution < -0.4 is 5.32 Å². The minimum Gasteiger partial charge on any atom is -0.389 e. The molecule has 0 amide bonds. The molecule has 2 saturated carbocycles. The van der Waals surface area contributed by atoms with Crippen molar-refractivity contribution in [1.29, 1.82) is 0 Å². The Bertz CT molecular complexity index is 343. The maximum Gasteiger partial charge on any atom is 0.0898 e. The zero-order chi connectivity index (χ0) is 15.2. The SMILES string of the molecule is CC(C)(C)NC[C@@H](O)CO[C@@H]1C(C)(C)[C@H]2CC[C@]1(C)C2. The van der Waals surface area contributed by atoms with E-state index in [1.165, 1.54) is 19.3 Å². The first-order valence-corrected chi connectivity index (χ1v) is 8.09. The summed E-state index contributed by atoms with van der Waals surface area (Å²) >= 11 is 0. The van der Waals surface area contributed by atoms with Gasteiger partial charge in [-0.2, -0.15) is 0 Å². The molecule has 0 radical (unpaired) electrons. The lowest BCUT2D eigenvalue weighted by Crippen LogP contribution is -2.46. The lowest BCUT2D eigenvalue weighted by Gasteiger charge is -2.42. The van der Waals surface area contributed by atoms with E-state index in [0.29, 0.717) is 18.6 Å². The molecule has 0 heterocycles. The Hall–Kier alpha value is -0.120. The minimum absolute atomic E-state index is 0.0403. The second kappa shape index (κ2) is 5.26. The van der Waals surface area contributed by atoms with Crippen molar-refractivity contribution < 1.29 is 9.84 Å². The molecular formula is C17H33NO2. The van der Waals surface area contributed by atoms with Crippen molar-refractivity contribution in [2.75, 3.05) is 13.2 Å². The van der Waals surface area contributed by atoms with Gasteiger partial charge in [0.15, 0.2) is 0 Å². The molecular weight excluding hydrogens is 250 g/mol. The van der Waals surface area contributed by atoms with Crippen LogP contribution in [0.1, 0.15) is 60.8 Å². The van der Waals surface area contributed by atoms with Crippen LogP contribution in [0.3, 0.4) is 0 Å². The number of nitrogens with one attached hydrogen (secondary N) is 1. The topological polar surface area (TPSA) is 41.5 Å². The van der Waals surface area contributed by atoms with Crippen molar-refractivity contribution >= 4 is 0 Å². The Kier molecular flexibility index (Phi) is 4.27. The number of hydrogen-bond donors (Lipinski definition) is 2. The van der Waals surface area contributed by atoms with E-state index >= 15 is 0 Å². The highest BCUT2D eigenvalue weighted by Crippen LogP contribution is 2.63. The molecule has 0 spiro atoms. The molecule has 3 nitrogen and oxygen atoms in total. The average Bonchev–Trinajstić information content (AvgIpc) is 2.76. The number of hydrogen-bond acceptors (Lipinski definition) is 3. The van der Waals surface area contributed by atoms with Crippen LogP contribution in [-0.2, 0) is 4.74 Å². The molecule has 0 unspecified atom stereocenters. The predicted octanol–water partition coefficient (Wildman–Crippen LogP) is 2.97. The molecule has 4 atom stereocenters. The fraction of sp³-hybridized carbons (Fsp3) is 1.00. The number of ether oxygens (including phenoxy) is 1. The first kappa shape index (κ1) is 16.3.